The van der Waals surface area contributed by atoms with Crippen molar-refractivity contribution in [3.8, 4) is 0 Å². The summed E-state index contributed by atoms with van der Waals surface area (Å²) < 4.78 is 13.0. The van der Waals surface area contributed by atoms with Crippen molar-refractivity contribution in [2.24, 2.45) is 35.5 Å². The fraction of sp³-hybridized carbons (Fsp3) is 0.450. The number of amides is 3. The second-order valence-electron chi connectivity index (χ2n) is 7.87. The Kier molecular flexibility index (Phi) is 3.18. The van der Waals surface area contributed by atoms with Crippen LogP contribution in [0.1, 0.15) is 13.3 Å². The molecule has 0 spiro atoms. The van der Waals surface area contributed by atoms with Crippen LogP contribution in [0.15, 0.2) is 36.4 Å². The van der Waals surface area contributed by atoms with Gasteiger partial charge < -0.3 is 5.32 Å². The first-order chi connectivity index (χ1) is 12.5. The summed E-state index contributed by atoms with van der Waals surface area (Å²) in [6.45, 7) is 1.57. The van der Waals surface area contributed by atoms with Gasteiger partial charge >= 0.3 is 0 Å². The summed E-state index contributed by atoms with van der Waals surface area (Å²) >= 11 is 0. The van der Waals surface area contributed by atoms with Gasteiger partial charge in [0.15, 0.2) is 0 Å². The van der Waals surface area contributed by atoms with Crippen LogP contribution in [0.4, 0.5) is 10.1 Å². The molecule has 6 heteroatoms. The third-order valence-electron chi connectivity index (χ3n) is 6.58. The molecule has 2 saturated carbocycles. The average molecular weight is 354 g/mol. The SMILES string of the molecule is CC(C(=O)Nc1ccc(F)cc1)N1C(=O)C2C3C=CC(C4CC34)C2C1=O. The lowest BCUT2D eigenvalue weighted by atomic mass is 9.63. The van der Waals surface area contributed by atoms with Crippen LogP contribution >= 0.6 is 0 Å². The smallest absolute Gasteiger partial charge is 0.247 e. The Morgan fingerprint density at radius 1 is 1.08 bits per heavy atom. The van der Waals surface area contributed by atoms with E-state index >= 15 is 0 Å². The minimum absolute atomic E-state index is 0.142. The zero-order valence-electron chi connectivity index (χ0n) is 14.3. The second kappa shape index (κ2) is 5.25. The van der Waals surface area contributed by atoms with Gasteiger partial charge in [-0.05, 0) is 61.3 Å². The van der Waals surface area contributed by atoms with E-state index in [2.05, 4.69) is 17.5 Å². The van der Waals surface area contributed by atoms with Crippen molar-refractivity contribution in [3.05, 3.63) is 42.2 Å². The van der Waals surface area contributed by atoms with E-state index in [-0.39, 0.29) is 35.5 Å². The third-order valence-corrected chi connectivity index (χ3v) is 6.58. The van der Waals surface area contributed by atoms with Crippen LogP contribution in [0.3, 0.4) is 0 Å². The number of halogens is 1. The first-order valence-corrected chi connectivity index (χ1v) is 9.09. The lowest BCUT2D eigenvalue weighted by Crippen LogP contribution is -2.46. The fourth-order valence-corrected chi connectivity index (χ4v) is 5.26. The molecule has 134 valence electrons. The number of carbonyl (C=O) groups excluding carboxylic acids is 3. The van der Waals surface area contributed by atoms with Crippen LogP contribution in [-0.2, 0) is 14.4 Å². The van der Waals surface area contributed by atoms with Gasteiger partial charge in [0.05, 0.1) is 11.8 Å². The highest BCUT2D eigenvalue weighted by Gasteiger charge is 2.67. The Morgan fingerprint density at radius 3 is 2.15 bits per heavy atom. The normalized spacial score (nSPS) is 37.4. The number of rotatable bonds is 3. The monoisotopic (exact) mass is 354 g/mol. The Morgan fingerprint density at radius 2 is 1.62 bits per heavy atom. The first kappa shape index (κ1) is 15.7. The maximum Gasteiger partial charge on any atom is 0.247 e. The fourth-order valence-electron chi connectivity index (χ4n) is 5.26. The van der Waals surface area contributed by atoms with Gasteiger partial charge in [-0.2, -0.15) is 0 Å². The van der Waals surface area contributed by atoms with Crippen molar-refractivity contribution in [1.29, 1.82) is 0 Å². The predicted octanol–water partition coefficient (Wildman–Crippen LogP) is 2.21. The van der Waals surface area contributed by atoms with E-state index in [0.29, 0.717) is 17.5 Å². The summed E-state index contributed by atoms with van der Waals surface area (Å²) in [7, 11) is 0. The number of carbonyl (C=O) groups is 3. The number of imide groups is 1. The maximum atomic E-state index is 13.0. The molecule has 7 atom stereocenters. The Hall–Kier alpha value is -2.50. The number of hydrogen-bond acceptors (Lipinski definition) is 3. The third kappa shape index (κ3) is 2.04. The standard InChI is InChI=1S/C20H19FN2O3/c1-9(18(24)22-11-4-2-10(21)3-5-11)23-19(25)16-12-6-7-13(15-8-14(12)15)17(16)20(23)26/h2-7,9,12-17H,8H2,1H3,(H,22,24). The molecule has 5 nitrogen and oxygen atoms in total. The van der Waals surface area contributed by atoms with E-state index in [1.807, 2.05) is 0 Å². The number of anilines is 1. The quantitative estimate of drug-likeness (QED) is 0.668. The molecule has 1 aromatic rings. The van der Waals surface area contributed by atoms with Gasteiger partial charge in [-0.1, -0.05) is 12.2 Å². The molecule has 2 bridgehead atoms. The molecule has 0 aromatic heterocycles. The molecule has 1 N–H and O–H groups in total. The van der Waals surface area contributed by atoms with Crippen LogP contribution in [-0.4, -0.2) is 28.7 Å². The van der Waals surface area contributed by atoms with Crippen LogP contribution in [0.25, 0.3) is 0 Å². The van der Waals surface area contributed by atoms with Gasteiger partial charge in [-0.25, -0.2) is 4.39 Å². The second-order valence-corrected chi connectivity index (χ2v) is 7.87. The van der Waals surface area contributed by atoms with Crippen LogP contribution in [0.2, 0.25) is 0 Å². The molecule has 5 aliphatic rings. The molecule has 1 aromatic carbocycles. The minimum Gasteiger partial charge on any atom is -0.324 e. The molecule has 1 aliphatic heterocycles. The van der Waals surface area contributed by atoms with E-state index in [4.69, 9.17) is 0 Å². The Balaban J connectivity index is 1.37. The molecule has 3 amide bonds. The topological polar surface area (TPSA) is 66.5 Å². The number of nitrogens with one attached hydrogen (secondary N) is 1. The number of allylic oxidation sites excluding steroid dienone is 2. The predicted molar refractivity (Wildman–Crippen MR) is 91.0 cm³/mol. The summed E-state index contributed by atoms with van der Waals surface area (Å²) in [5.41, 5.74) is 0.433. The highest BCUT2D eigenvalue weighted by Crippen LogP contribution is 2.65. The molecule has 0 radical (unpaired) electrons. The van der Waals surface area contributed by atoms with Gasteiger partial charge in [-0.3, -0.25) is 19.3 Å². The largest absolute Gasteiger partial charge is 0.324 e. The molecule has 6 rings (SSSR count). The lowest BCUT2D eigenvalue weighted by molar-refractivity contribution is -0.146. The summed E-state index contributed by atoms with van der Waals surface area (Å²) in [6.07, 6.45) is 5.33. The molecule has 26 heavy (non-hydrogen) atoms. The molecule has 3 fully saturated rings. The highest BCUT2D eigenvalue weighted by molar-refractivity contribution is 6.10. The van der Waals surface area contributed by atoms with Crippen molar-refractivity contribution in [3.63, 3.8) is 0 Å². The number of benzene rings is 1. The van der Waals surface area contributed by atoms with Crippen molar-refractivity contribution in [2.75, 3.05) is 5.32 Å². The first-order valence-electron chi connectivity index (χ1n) is 9.09. The highest BCUT2D eigenvalue weighted by atomic mass is 19.1. The van der Waals surface area contributed by atoms with Crippen LogP contribution < -0.4 is 5.32 Å². The van der Waals surface area contributed by atoms with Gasteiger partial charge in [0.2, 0.25) is 17.7 Å². The van der Waals surface area contributed by atoms with Crippen molar-refractivity contribution in [1.82, 2.24) is 4.90 Å². The molecule has 7 unspecified atom stereocenters. The zero-order valence-corrected chi connectivity index (χ0v) is 14.3. The number of likely N-dealkylation sites (tertiary alicyclic amines) is 1. The Labute approximate surface area is 150 Å². The van der Waals surface area contributed by atoms with E-state index in [1.165, 1.54) is 24.3 Å². The van der Waals surface area contributed by atoms with E-state index in [1.54, 1.807) is 6.92 Å². The van der Waals surface area contributed by atoms with Crippen molar-refractivity contribution >= 4 is 23.4 Å². The average Bonchev–Trinajstić information content (AvgIpc) is 3.41. The van der Waals surface area contributed by atoms with Crippen LogP contribution in [0, 0.1) is 41.3 Å². The van der Waals surface area contributed by atoms with E-state index < -0.39 is 17.8 Å². The minimum atomic E-state index is -0.888. The molecule has 1 saturated heterocycles. The maximum absolute atomic E-state index is 13.0. The van der Waals surface area contributed by atoms with Gasteiger partial charge in [0, 0.05) is 5.69 Å². The summed E-state index contributed by atoms with van der Waals surface area (Å²) in [5, 5.41) is 2.66. The molecular weight excluding hydrogens is 335 g/mol. The van der Waals surface area contributed by atoms with E-state index in [0.717, 1.165) is 11.3 Å². The van der Waals surface area contributed by atoms with Crippen molar-refractivity contribution in [2.45, 2.75) is 19.4 Å². The number of hydrogen-bond donors (Lipinski definition) is 1. The zero-order chi connectivity index (χ0) is 18.2. The number of nitrogens with zero attached hydrogens (tertiary/aromatic N) is 1. The molecular formula is C20H19FN2O3. The lowest BCUT2D eigenvalue weighted by Gasteiger charge is -2.37. The molecule has 4 aliphatic carbocycles. The summed E-state index contributed by atoms with van der Waals surface area (Å²) in [6, 6.07) is 4.50. The van der Waals surface area contributed by atoms with Gasteiger partial charge in [0.25, 0.3) is 0 Å². The summed E-state index contributed by atoms with van der Waals surface area (Å²) in [5.74, 6) is -0.526. The van der Waals surface area contributed by atoms with Crippen LogP contribution in [0.5, 0.6) is 0 Å². The van der Waals surface area contributed by atoms with Crippen molar-refractivity contribution < 1.29 is 18.8 Å². The van der Waals surface area contributed by atoms with Gasteiger partial charge in [-0.15, -0.1) is 0 Å². The Bertz CT molecular complexity index is 813. The van der Waals surface area contributed by atoms with E-state index in [9.17, 15) is 18.8 Å². The summed E-state index contributed by atoms with van der Waals surface area (Å²) in [4.78, 5) is 39.7. The molecule has 1 heterocycles. The van der Waals surface area contributed by atoms with Gasteiger partial charge in [0.1, 0.15) is 11.9 Å².